The molecule has 0 aliphatic rings. The van der Waals surface area contributed by atoms with E-state index in [1.807, 2.05) is 13.1 Å². The Bertz CT molecular complexity index is 353. The van der Waals surface area contributed by atoms with Gasteiger partial charge in [-0.3, -0.25) is 4.98 Å². The van der Waals surface area contributed by atoms with Gasteiger partial charge in [0.2, 0.25) is 0 Å². The van der Waals surface area contributed by atoms with Gasteiger partial charge < -0.3 is 10.1 Å². The highest BCUT2D eigenvalue weighted by molar-refractivity contribution is 6.31. The Labute approximate surface area is 109 Å². The normalized spacial score (nSPS) is 16.5. The van der Waals surface area contributed by atoms with Crippen LogP contribution in [0.4, 0.5) is 0 Å². The topological polar surface area (TPSA) is 34.1 Å². The van der Waals surface area contributed by atoms with Crippen molar-refractivity contribution < 1.29 is 4.74 Å². The van der Waals surface area contributed by atoms with Crippen LogP contribution in [0.1, 0.15) is 25.8 Å². The lowest BCUT2D eigenvalue weighted by atomic mass is 9.88. The number of hydrogen-bond acceptors (Lipinski definition) is 3. The number of methoxy groups -OCH3 is 1. The summed E-state index contributed by atoms with van der Waals surface area (Å²) in [6.45, 7) is 4.24. The van der Waals surface area contributed by atoms with Gasteiger partial charge in [-0.25, -0.2) is 0 Å². The minimum atomic E-state index is -0.193. The number of nitrogens with one attached hydrogen (secondary N) is 1. The van der Waals surface area contributed by atoms with Gasteiger partial charge in [0.05, 0.1) is 10.6 Å². The van der Waals surface area contributed by atoms with Crippen LogP contribution in [0.2, 0.25) is 5.02 Å². The number of pyridine rings is 1. The van der Waals surface area contributed by atoms with Crippen molar-refractivity contribution in [1.29, 1.82) is 0 Å². The van der Waals surface area contributed by atoms with E-state index in [9.17, 15) is 0 Å². The second kappa shape index (κ2) is 6.34. The highest BCUT2D eigenvalue weighted by Crippen LogP contribution is 2.24. The van der Waals surface area contributed by atoms with Crippen LogP contribution < -0.4 is 5.32 Å². The Morgan fingerprint density at radius 1 is 1.59 bits per heavy atom. The van der Waals surface area contributed by atoms with E-state index in [1.54, 1.807) is 19.5 Å². The van der Waals surface area contributed by atoms with Gasteiger partial charge in [0.25, 0.3) is 0 Å². The molecule has 0 spiro atoms. The molecule has 0 amide bonds. The summed E-state index contributed by atoms with van der Waals surface area (Å²) >= 11 is 6.13. The molecule has 0 radical (unpaired) electrons. The van der Waals surface area contributed by atoms with E-state index in [2.05, 4.69) is 24.1 Å². The number of likely N-dealkylation sites (N-methyl/N-ethyl adjacent to an activating group) is 1. The lowest BCUT2D eigenvalue weighted by Gasteiger charge is -2.36. The van der Waals surface area contributed by atoms with Crippen molar-refractivity contribution in [3.05, 3.63) is 29.0 Å². The number of hydrogen-bond donors (Lipinski definition) is 1. The van der Waals surface area contributed by atoms with Crippen molar-refractivity contribution >= 4 is 11.6 Å². The summed E-state index contributed by atoms with van der Waals surface area (Å²) in [7, 11) is 3.70. The second-order valence-electron chi connectivity index (χ2n) is 4.38. The molecule has 0 bridgehead atoms. The van der Waals surface area contributed by atoms with E-state index in [4.69, 9.17) is 16.3 Å². The third-order valence-electron chi connectivity index (χ3n) is 3.53. The van der Waals surface area contributed by atoms with E-state index < -0.39 is 0 Å². The molecular weight excluding hydrogens is 236 g/mol. The van der Waals surface area contributed by atoms with Gasteiger partial charge in [-0.1, -0.05) is 18.5 Å². The number of rotatable bonds is 6. The predicted molar refractivity (Wildman–Crippen MR) is 71.5 cm³/mol. The van der Waals surface area contributed by atoms with Gasteiger partial charge in [-0.2, -0.15) is 0 Å². The smallest absolute Gasteiger partial charge is 0.0803 e. The van der Waals surface area contributed by atoms with Crippen molar-refractivity contribution in [2.75, 3.05) is 14.2 Å². The van der Waals surface area contributed by atoms with Crippen LogP contribution >= 0.6 is 11.6 Å². The molecule has 1 rings (SSSR count). The van der Waals surface area contributed by atoms with Crippen molar-refractivity contribution in [2.24, 2.45) is 0 Å². The largest absolute Gasteiger partial charge is 0.377 e. The lowest BCUT2D eigenvalue weighted by molar-refractivity contribution is -0.0268. The molecule has 96 valence electrons. The molecule has 1 N–H and O–H groups in total. The summed E-state index contributed by atoms with van der Waals surface area (Å²) in [4.78, 5) is 4.00. The van der Waals surface area contributed by atoms with Crippen molar-refractivity contribution in [3.63, 3.8) is 0 Å². The Morgan fingerprint density at radius 2 is 2.29 bits per heavy atom. The van der Waals surface area contributed by atoms with Gasteiger partial charge >= 0.3 is 0 Å². The molecule has 17 heavy (non-hydrogen) atoms. The van der Waals surface area contributed by atoms with Gasteiger partial charge in [-0.15, -0.1) is 0 Å². The molecule has 1 aromatic heterocycles. The molecule has 2 unspecified atom stereocenters. The molecular formula is C13H21ClN2O. The molecule has 1 heterocycles. The van der Waals surface area contributed by atoms with Crippen molar-refractivity contribution in [3.8, 4) is 0 Å². The number of nitrogens with zero attached hydrogens (tertiary/aromatic N) is 1. The first-order valence-corrected chi connectivity index (χ1v) is 6.26. The SMILES string of the molecule is CCC(C)(OC)C(Cc1ccncc1Cl)NC. The third-order valence-corrected chi connectivity index (χ3v) is 3.87. The van der Waals surface area contributed by atoms with Crippen molar-refractivity contribution in [2.45, 2.75) is 38.3 Å². The molecule has 0 aliphatic heterocycles. The Hall–Kier alpha value is -0.640. The maximum Gasteiger partial charge on any atom is 0.0803 e. The quantitative estimate of drug-likeness (QED) is 0.850. The van der Waals surface area contributed by atoms with Crippen LogP contribution in [-0.2, 0) is 11.2 Å². The summed E-state index contributed by atoms with van der Waals surface area (Å²) in [5, 5.41) is 4.03. The van der Waals surface area contributed by atoms with Crippen molar-refractivity contribution in [1.82, 2.24) is 10.3 Å². The van der Waals surface area contributed by atoms with Crippen LogP contribution in [0.3, 0.4) is 0 Å². The van der Waals surface area contributed by atoms with E-state index >= 15 is 0 Å². The van der Waals surface area contributed by atoms with Crippen LogP contribution in [0.25, 0.3) is 0 Å². The van der Waals surface area contributed by atoms with E-state index in [1.165, 1.54) is 0 Å². The Kier molecular flexibility index (Phi) is 5.37. The Morgan fingerprint density at radius 3 is 2.76 bits per heavy atom. The Balaban J connectivity index is 2.87. The number of halogens is 1. The molecule has 0 fully saturated rings. The van der Waals surface area contributed by atoms with Crippen LogP contribution in [0, 0.1) is 0 Å². The van der Waals surface area contributed by atoms with Crippen LogP contribution in [-0.4, -0.2) is 30.8 Å². The maximum atomic E-state index is 6.13. The first-order chi connectivity index (χ1) is 8.07. The average molecular weight is 257 g/mol. The zero-order chi connectivity index (χ0) is 12.9. The van der Waals surface area contributed by atoms with Gasteiger partial charge in [0.15, 0.2) is 0 Å². The van der Waals surface area contributed by atoms with Gasteiger partial charge in [0.1, 0.15) is 0 Å². The molecule has 0 aliphatic carbocycles. The number of aromatic nitrogens is 1. The van der Waals surface area contributed by atoms with Crippen LogP contribution in [0.15, 0.2) is 18.5 Å². The fourth-order valence-electron chi connectivity index (χ4n) is 1.95. The van der Waals surface area contributed by atoms with Gasteiger partial charge in [0, 0.05) is 25.5 Å². The monoisotopic (exact) mass is 256 g/mol. The van der Waals surface area contributed by atoms with E-state index in [0.29, 0.717) is 5.02 Å². The third kappa shape index (κ3) is 3.41. The maximum absolute atomic E-state index is 6.13. The molecule has 0 aromatic carbocycles. The molecule has 3 nitrogen and oxygen atoms in total. The molecule has 4 heteroatoms. The zero-order valence-corrected chi connectivity index (χ0v) is 11.7. The molecule has 1 aromatic rings. The first-order valence-electron chi connectivity index (χ1n) is 5.88. The fraction of sp³-hybridized carbons (Fsp3) is 0.615. The van der Waals surface area contributed by atoms with Crippen LogP contribution in [0.5, 0.6) is 0 Å². The highest BCUT2D eigenvalue weighted by atomic mass is 35.5. The lowest BCUT2D eigenvalue weighted by Crippen LogP contribution is -2.49. The minimum absolute atomic E-state index is 0.193. The summed E-state index contributed by atoms with van der Waals surface area (Å²) in [6, 6.07) is 2.18. The summed E-state index contributed by atoms with van der Waals surface area (Å²) in [5.41, 5.74) is 0.902. The first kappa shape index (κ1) is 14.4. The van der Waals surface area contributed by atoms with Gasteiger partial charge in [-0.05, 0) is 38.4 Å². The predicted octanol–water partition coefficient (Wildman–Crippen LogP) is 2.68. The van der Waals surface area contributed by atoms with E-state index in [-0.39, 0.29) is 11.6 Å². The van der Waals surface area contributed by atoms with E-state index in [0.717, 1.165) is 18.4 Å². The average Bonchev–Trinajstić information content (AvgIpc) is 2.37. The summed E-state index contributed by atoms with van der Waals surface area (Å²) in [5.74, 6) is 0. The fourth-order valence-corrected chi connectivity index (χ4v) is 2.14. The molecule has 2 atom stereocenters. The summed E-state index contributed by atoms with van der Waals surface area (Å²) in [6.07, 6.45) is 5.22. The standard InChI is InChI=1S/C13H21ClN2O/c1-5-13(2,17-4)12(15-3)8-10-6-7-16-9-11(10)14/h6-7,9,12,15H,5,8H2,1-4H3. The highest BCUT2D eigenvalue weighted by Gasteiger charge is 2.31. The zero-order valence-electron chi connectivity index (χ0n) is 11.0. The molecule has 0 saturated heterocycles. The number of ether oxygens (including phenoxy) is 1. The second-order valence-corrected chi connectivity index (χ2v) is 4.79. The molecule has 0 saturated carbocycles. The summed E-state index contributed by atoms with van der Waals surface area (Å²) < 4.78 is 5.63. The minimum Gasteiger partial charge on any atom is -0.377 e.